The zero-order valence-electron chi connectivity index (χ0n) is 14.9. The summed E-state index contributed by atoms with van der Waals surface area (Å²) in [7, 11) is 0. The minimum atomic E-state index is -0.271. The molecule has 2 amide bonds. The van der Waals surface area contributed by atoms with Crippen LogP contribution in [0.3, 0.4) is 0 Å². The van der Waals surface area contributed by atoms with Gasteiger partial charge in [0, 0.05) is 31.1 Å². The zero-order chi connectivity index (χ0) is 18.5. The highest BCUT2D eigenvalue weighted by Crippen LogP contribution is 2.19. The van der Waals surface area contributed by atoms with Crippen LogP contribution in [0.1, 0.15) is 23.1 Å². The van der Waals surface area contributed by atoms with Gasteiger partial charge in [0.1, 0.15) is 0 Å². The first kappa shape index (κ1) is 18.5. The number of likely N-dealkylation sites (tertiary alicyclic amines) is 1. The van der Waals surface area contributed by atoms with Crippen LogP contribution in [0.2, 0.25) is 5.02 Å². The Bertz CT molecular complexity index is 772. The van der Waals surface area contributed by atoms with E-state index in [-0.39, 0.29) is 17.7 Å². The molecule has 2 aromatic carbocycles. The van der Waals surface area contributed by atoms with Crippen LogP contribution >= 0.6 is 11.6 Å². The van der Waals surface area contributed by atoms with Crippen molar-refractivity contribution >= 4 is 23.4 Å². The van der Waals surface area contributed by atoms with Crippen LogP contribution in [0.5, 0.6) is 0 Å². The second-order valence-electron chi connectivity index (χ2n) is 6.82. The largest absolute Gasteiger partial charge is 0.352 e. The summed E-state index contributed by atoms with van der Waals surface area (Å²) >= 11 is 5.86. The number of amides is 2. The van der Waals surface area contributed by atoms with Crippen LogP contribution in [0.15, 0.2) is 48.5 Å². The smallest absolute Gasteiger partial charge is 0.225 e. The molecule has 1 saturated heterocycles. The van der Waals surface area contributed by atoms with Crippen LogP contribution in [-0.4, -0.2) is 29.8 Å². The maximum atomic E-state index is 12.4. The van der Waals surface area contributed by atoms with Gasteiger partial charge in [-0.25, -0.2) is 0 Å². The standard InChI is InChI=1S/C21H23ClN2O2/c1-15-2-4-16(5-3-15)10-11-24-14-18(12-20(24)25)21(26)23-13-17-6-8-19(22)9-7-17/h2-9,18H,10-14H2,1H3,(H,23,26). The number of hydrogen-bond acceptors (Lipinski definition) is 2. The summed E-state index contributed by atoms with van der Waals surface area (Å²) in [5.41, 5.74) is 3.42. The van der Waals surface area contributed by atoms with Gasteiger partial charge in [-0.15, -0.1) is 0 Å². The van der Waals surface area contributed by atoms with Crippen LogP contribution in [0.4, 0.5) is 0 Å². The highest BCUT2D eigenvalue weighted by Gasteiger charge is 2.33. The van der Waals surface area contributed by atoms with Crippen molar-refractivity contribution in [2.75, 3.05) is 13.1 Å². The molecule has 1 atom stereocenters. The van der Waals surface area contributed by atoms with Crippen LogP contribution in [-0.2, 0) is 22.6 Å². The number of hydrogen-bond donors (Lipinski definition) is 1. The molecule has 0 radical (unpaired) electrons. The minimum Gasteiger partial charge on any atom is -0.352 e. The van der Waals surface area contributed by atoms with E-state index in [4.69, 9.17) is 11.6 Å². The third kappa shape index (κ3) is 4.85. The van der Waals surface area contributed by atoms with Crippen molar-refractivity contribution in [2.45, 2.75) is 26.3 Å². The number of benzene rings is 2. The monoisotopic (exact) mass is 370 g/mol. The lowest BCUT2D eigenvalue weighted by Gasteiger charge is -2.16. The van der Waals surface area contributed by atoms with E-state index in [1.54, 1.807) is 17.0 Å². The van der Waals surface area contributed by atoms with Gasteiger partial charge < -0.3 is 10.2 Å². The molecule has 1 heterocycles. The van der Waals surface area contributed by atoms with E-state index in [0.717, 1.165) is 12.0 Å². The van der Waals surface area contributed by atoms with E-state index < -0.39 is 0 Å². The molecule has 0 bridgehead atoms. The van der Waals surface area contributed by atoms with Crippen molar-refractivity contribution in [2.24, 2.45) is 5.92 Å². The van der Waals surface area contributed by atoms with Gasteiger partial charge in [-0.3, -0.25) is 9.59 Å². The number of rotatable bonds is 6. The lowest BCUT2D eigenvalue weighted by molar-refractivity contribution is -0.129. The molecule has 0 saturated carbocycles. The maximum Gasteiger partial charge on any atom is 0.225 e. The fourth-order valence-electron chi connectivity index (χ4n) is 3.12. The topological polar surface area (TPSA) is 49.4 Å². The van der Waals surface area contributed by atoms with Crippen LogP contribution in [0, 0.1) is 12.8 Å². The van der Waals surface area contributed by atoms with Crippen molar-refractivity contribution in [1.82, 2.24) is 10.2 Å². The maximum absolute atomic E-state index is 12.4. The van der Waals surface area contributed by atoms with Gasteiger partial charge in [-0.2, -0.15) is 0 Å². The van der Waals surface area contributed by atoms with Gasteiger partial charge in [0.05, 0.1) is 5.92 Å². The van der Waals surface area contributed by atoms with Crippen molar-refractivity contribution in [1.29, 1.82) is 0 Å². The van der Waals surface area contributed by atoms with Crippen LogP contribution in [0.25, 0.3) is 0 Å². The molecule has 3 rings (SSSR count). The van der Waals surface area contributed by atoms with E-state index in [2.05, 4.69) is 36.5 Å². The van der Waals surface area contributed by atoms with Gasteiger partial charge >= 0.3 is 0 Å². The number of carbonyl (C=O) groups is 2. The SMILES string of the molecule is Cc1ccc(CCN2CC(C(=O)NCc3ccc(Cl)cc3)CC2=O)cc1. The van der Waals surface area contributed by atoms with E-state index in [0.29, 0.717) is 31.1 Å². The molecule has 1 aliphatic heterocycles. The molecule has 0 spiro atoms. The summed E-state index contributed by atoms with van der Waals surface area (Å²) in [6.45, 7) is 3.66. The van der Waals surface area contributed by atoms with Crippen LogP contribution < -0.4 is 5.32 Å². The summed E-state index contributed by atoms with van der Waals surface area (Å²) in [4.78, 5) is 26.4. The van der Waals surface area contributed by atoms with Crippen molar-refractivity contribution < 1.29 is 9.59 Å². The summed E-state index contributed by atoms with van der Waals surface area (Å²) in [5.74, 6) is -0.275. The second-order valence-corrected chi connectivity index (χ2v) is 7.26. The number of carbonyl (C=O) groups excluding carboxylic acids is 2. The Morgan fingerprint density at radius 2 is 1.77 bits per heavy atom. The van der Waals surface area contributed by atoms with E-state index in [9.17, 15) is 9.59 Å². The van der Waals surface area contributed by atoms with Crippen molar-refractivity contribution in [3.8, 4) is 0 Å². The van der Waals surface area contributed by atoms with E-state index in [1.165, 1.54) is 11.1 Å². The second kappa shape index (κ2) is 8.37. The Hall–Kier alpha value is -2.33. The molecule has 0 aromatic heterocycles. The molecule has 0 aliphatic carbocycles. The highest BCUT2D eigenvalue weighted by atomic mass is 35.5. The predicted octanol–water partition coefficient (Wildman–Crippen LogP) is 3.36. The normalized spacial score (nSPS) is 16.8. The molecule has 4 nitrogen and oxygen atoms in total. The lowest BCUT2D eigenvalue weighted by Crippen LogP contribution is -2.33. The highest BCUT2D eigenvalue weighted by molar-refractivity contribution is 6.30. The fourth-order valence-corrected chi connectivity index (χ4v) is 3.24. The number of aryl methyl sites for hydroxylation is 1. The third-order valence-corrected chi connectivity index (χ3v) is 5.01. The van der Waals surface area contributed by atoms with Gasteiger partial charge in [0.2, 0.25) is 11.8 Å². The first-order chi connectivity index (χ1) is 12.5. The van der Waals surface area contributed by atoms with Crippen molar-refractivity contribution in [3.63, 3.8) is 0 Å². The van der Waals surface area contributed by atoms with E-state index in [1.807, 2.05) is 12.1 Å². The molecule has 136 valence electrons. The molecule has 1 aliphatic rings. The fraction of sp³-hybridized carbons (Fsp3) is 0.333. The zero-order valence-corrected chi connectivity index (χ0v) is 15.6. The Morgan fingerprint density at radius 1 is 1.12 bits per heavy atom. The third-order valence-electron chi connectivity index (χ3n) is 4.76. The number of nitrogens with zero attached hydrogens (tertiary/aromatic N) is 1. The quantitative estimate of drug-likeness (QED) is 0.847. The summed E-state index contributed by atoms with van der Waals surface area (Å²) in [6.07, 6.45) is 1.10. The summed E-state index contributed by atoms with van der Waals surface area (Å²) < 4.78 is 0. The molecular weight excluding hydrogens is 348 g/mol. The molecule has 2 aromatic rings. The Kier molecular flexibility index (Phi) is 5.94. The van der Waals surface area contributed by atoms with E-state index >= 15 is 0 Å². The molecular formula is C21H23ClN2O2. The number of nitrogens with one attached hydrogen (secondary N) is 1. The first-order valence-electron chi connectivity index (χ1n) is 8.87. The first-order valence-corrected chi connectivity index (χ1v) is 9.24. The molecule has 26 heavy (non-hydrogen) atoms. The molecule has 1 N–H and O–H groups in total. The molecule has 5 heteroatoms. The Labute approximate surface area is 159 Å². The Balaban J connectivity index is 1.47. The molecule has 1 unspecified atom stereocenters. The minimum absolute atomic E-state index is 0.0590. The average Bonchev–Trinajstić information content (AvgIpc) is 3.01. The summed E-state index contributed by atoms with van der Waals surface area (Å²) in [5, 5.41) is 3.59. The van der Waals surface area contributed by atoms with Gasteiger partial charge in [0.15, 0.2) is 0 Å². The van der Waals surface area contributed by atoms with Crippen molar-refractivity contribution in [3.05, 3.63) is 70.2 Å². The Morgan fingerprint density at radius 3 is 2.46 bits per heavy atom. The van der Waals surface area contributed by atoms with Gasteiger partial charge in [0.25, 0.3) is 0 Å². The number of halogens is 1. The predicted molar refractivity (Wildman–Crippen MR) is 103 cm³/mol. The lowest BCUT2D eigenvalue weighted by atomic mass is 10.1. The average molecular weight is 371 g/mol. The summed E-state index contributed by atoms with van der Waals surface area (Å²) in [6, 6.07) is 15.7. The van der Waals surface area contributed by atoms with Gasteiger partial charge in [-0.1, -0.05) is 53.6 Å². The van der Waals surface area contributed by atoms with Gasteiger partial charge in [-0.05, 0) is 36.6 Å². The molecule has 1 fully saturated rings.